The summed E-state index contributed by atoms with van der Waals surface area (Å²) in [5.74, 6) is 1.81. The van der Waals surface area contributed by atoms with Crippen LogP contribution in [-0.2, 0) is 28.9 Å². The van der Waals surface area contributed by atoms with Crippen LogP contribution in [0.2, 0.25) is 0 Å². The number of amides is 1. The van der Waals surface area contributed by atoms with E-state index in [9.17, 15) is 4.79 Å². The highest BCUT2D eigenvalue weighted by molar-refractivity contribution is 5.69. The minimum atomic E-state index is -0.531. The molecular formula is C25H31NO5. The third-order valence-corrected chi connectivity index (χ3v) is 5.58. The van der Waals surface area contributed by atoms with E-state index in [1.807, 2.05) is 39.0 Å². The normalized spacial score (nSPS) is 17.5. The molecule has 166 valence electrons. The Labute approximate surface area is 184 Å². The third-order valence-electron chi connectivity index (χ3n) is 5.58. The van der Waals surface area contributed by atoms with Crippen molar-refractivity contribution in [3.63, 3.8) is 0 Å². The number of ether oxygens (including phenoxy) is 4. The van der Waals surface area contributed by atoms with Crippen LogP contribution in [0.4, 0.5) is 4.79 Å². The molecule has 2 aliphatic rings. The Morgan fingerprint density at radius 3 is 2.74 bits per heavy atom. The molecular weight excluding hydrogens is 394 g/mol. The van der Waals surface area contributed by atoms with Crippen LogP contribution in [-0.4, -0.2) is 43.5 Å². The average Bonchev–Trinajstić information content (AvgIpc) is 3.19. The van der Waals surface area contributed by atoms with E-state index in [0.29, 0.717) is 19.8 Å². The Morgan fingerprint density at radius 2 is 1.97 bits per heavy atom. The molecule has 6 heteroatoms. The van der Waals surface area contributed by atoms with Gasteiger partial charge < -0.3 is 18.9 Å². The maximum Gasteiger partial charge on any atom is 0.410 e. The summed E-state index contributed by atoms with van der Waals surface area (Å²) < 4.78 is 22.7. The first-order valence-corrected chi connectivity index (χ1v) is 10.8. The molecule has 2 aromatic carbocycles. The fourth-order valence-electron chi connectivity index (χ4n) is 4.15. The van der Waals surface area contributed by atoms with Gasteiger partial charge in [0.25, 0.3) is 0 Å². The monoisotopic (exact) mass is 425 g/mol. The number of benzene rings is 2. The molecule has 0 saturated carbocycles. The Morgan fingerprint density at radius 1 is 1.13 bits per heavy atom. The standard InChI is InChI=1S/C25H31NO5/c1-25(2,3)31-24(27)26-11-9-18-14-20(6-7-21(18)22(26)16-28-4)30-15-17-5-8-23-19(13-17)10-12-29-23/h5-8,13-14,22H,9-12,15-16H2,1-4H3/t22-/m0/s1. The lowest BCUT2D eigenvalue weighted by molar-refractivity contribution is 0.00323. The highest BCUT2D eigenvalue weighted by Crippen LogP contribution is 2.34. The van der Waals surface area contributed by atoms with E-state index in [2.05, 4.69) is 18.2 Å². The molecule has 2 heterocycles. The SMILES string of the molecule is COC[C@H]1c2ccc(OCc3ccc4c(c3)CCO4)cc2CCN1C(=O)OC(C)(C)C. The minimum Gasteiger partial charge on any atom is -0.493 e. The largest absolute Gasteiger partial charge is 0.493 e. The van der Waals surface area contributed by atoms with Crippen molar-refractivity contribution in [1.82, 2.24) is 4.90 Å². The van der Waals surface area contributed by atoms with Crippen molar-refractivity contribution >= 4 is 6.09 Å². The van der Waals surface area contributed by atoms with E-state index in [4.69, 9.17) is 18.9 Å². The lowest BCUT2D eigenvalue weighted by Gasteiger charge is -2.37. The van der Waals surface area contributed by atoms with Crippen LogP contribution in [0, 0.1) is 0 Å². The number of rotatable bonds is 5. The van der Waals surface area contributed by atoms with Crippen molar-refractivity contribution in [1.29, 1.82) is 0 Å². The molecule has 0 spiro atoms. The summed E-state index contributed by atoms with van der Waals surface area (Å²) in [7, 11) is 1.65. The number of fused-ring (bicyclic) bond motifs is 2. The third kappa shape index (κ3) is 4.96. The van der Waals surface area contributed by atoms with Crippen molar-refractivity contribution in [2.45, 2.75) is 51.9 Å². The van der Waals surface area contributed by atoms with Crippen LogP contribution < -0.4 is 9.47 Å². The number of carbonyl (C=O) groups is 1. The van der Waals surface area contributed by atoms with Gasteiger partial charge >= 0.3 is 6.09 Å². The fourth-order valence-corrected chi connectivity index (χ4v) is 4.15. The number of hydrogen-bond acceptors (Lipinski definition) is 5. The second-order valence-corrected chi connectivity index (χ2v) is 9.08. The summed E-state index contributed by atoms with van der Waals surface area (Å²) in [4.78, 5) is 14.5. The van der Waals surface area contributed by atoms with Gasteiger partial charge in [0.1, 0.15) is 23.7 Å². The molecule has 4 rings (SSSR count). The number of methoxy groups -OCH3 is 1. The maximum atomic E-state index is 12.7. The molecule has 6 nitrogen and oxygen atoms in total. The summed E-state index contributed by atoms with van der Waals surface area (Å²) in [5.41, 5.74) is 4.12. The van der Waals surface area contributed by atoms with Gasteiger partial charge in [-0.05, 0) is 73.7 Å². The van der Waals surface area contributed by atoms with Crippen LogP contribution in [0.3, 0.4) is 0 Å². The van der Waals surface area contributed by atoms with Gasteiger partial charge in [-0.3, -0.25) is 4.90 Å². The number of nitrogens with zero attached hydrogens (tertiary/aromatic N) is 1. The second kappa shape index (κ2) is 8.79. The van der Waals surface area contributed by atoms with Gasteiger partial charge in [0.05, 0.1) is 19.3 Å². The van der Waals surface area contributed by atoms with Crippen molar-refractivity contribution < 1.29 is 23.7 Å². The van der Waals surface area contributed by atoms with E-state index in [-0.39, 0.29) is 12.1 Å². The molecule has 2 aliphatic heterocycles. The molecule has 0 aliphatic carbocycles. The van der Waals surface area contributed by atoms with Crippen molar-refractivity contribution in [2.24, 2.45) is 0 Å². The van der Waals surface area contributed by atoms with Gasteiger partial charge in [-0.1, -0.05) is 12.1 Å². The Bertz CT molecular complexity index is 949. The lowest BCUT2D eigenvalue weighted by atomic mass is 9.93. The molecule has 31 heavy (non-hydrogen) atoms. The Kier molecular flexibility index (Phi) is 6.10. The first kappa shape index (κ1) is 21.5. The molecule has 0 N–H and O–H groups in total. The molecule has 1 atom stereocenters. The zero-order valence-corrected chi connectivity index (χ0v) is 18.8. The summed E-state index contributed by atoms with van der Waals surface area (Å²) in [6, 6.07) is 12.2. The van der Waals surface area contributed by atoms with Crippen LogP contribution in [0.25, 0.3) is 0 Å². The fraction of sp³-hybridized carbons (Fsp3) is 0.480. The van der Waals surface area contributed by atoms with Gasteiger partial charge in [0, 0.05) is 20.1 Å². The van der Waals surface area contributed by atoms with Crippen molar-refractivity contribution in [2.75, 3.05) is 26.9 Å². The summed E-state index contributed by atoms with van der Waals surface area (Å²) >= 11 is 0. The molecule has 0 unspecified atom stereocenters. The van der Waals surface area contributed by atoms with Crippen molar-refractivity contribution in [3.8, 4) is 11.5 Å². The Hall–Kier alpha value is -2.73. The van der Waals surface area contributed by atoms with Crippen LogP contribution >= 0.6 is 0 Å². The van der Waals surface area contributed by atoms with E-state index in [1.165, 1.54) is 11.1 Å². The molecule has 2 aromatic rings. The van der Waals surface area contributed by atoms with Crippen LogP contribution in [0.15, 0.2) is 36.4 Å². The average molecular weight is 426 g/mol. The van der Waals surface area contributed by atoms with E-state index >= 15 is 0 Å². The molecule has 0 saturated heterocycles. The minimum absolute atomic E-state index is 0.172. The van der Waals surface area contributed by atoms with Crippen LogP contribution in [0.5, 0.6) is 11.5 Å². The summed E-state index contributed by atoms with van der Waals surface area (Å²) in [6.07, 6.45) is 1.40. The number of hydrogen-bond donors (Lipinski definition) is 0. The highest BCUT2D eigenvalue weighted by atomic mass is 16.6. The summed E-state index contributed by atoms with van der Waals surface area (Å²) in [6.45, 7) is 7.92. The van der Waals surface area contributed by atoms with Gasteiger partial charge in [-0.2, -0.15) is 0 Å². The quantitative estimate of drug-likeness (QED) is 0.696. The highest BCUT2D eigenvalue weighted by Gasteiger charge is 2.33. The van der Waals surface area contributed by atoms with Crippen LogP contribution in [0.1, 0.15) is 49.1 Å². The van der Waals surface area contributed by atoms with Crippen molar-refractivity contribution in [3.05, 3.63) is 58.7 Å². The van der Waals surface area contributed by atoms with Gasteiger partial charge in [-0.15, -0.1) is 0 Å². The molecule has 0 bridgehead atoms. The predicted molar refractivity (Wildman–Crippen MR) is 118 cm³/mol. The van der Waals surface area contributed by atoms with Gasteiger partial charge in [0.2, 0.25) is 0 Å². The Balaban J connectivity index is 1.47. The summed E-state index contributed by atoms with van der Waals surface area (Å²) in [5, 5.41) is 0. The molecule has 0 radical (unpaired) electrons. The molecule has 0 aromatic heterocycles. The zero-order valence-electron chi connectivity index (χ0n) is 18.8. The predicted octanol–water partition coefficient (Wildman–Crippen LogP) is 4.68. The van der Waals surface area contributed by atoms with Gasteiger partial charge in [0.15, 0.2) is 0 Å². The smallest absolute Gasteiger partial charge is 0.410 e. The maximum absolute atomic E-state index is 12.7. The molecule has 0 fully saturated rings. The second-order valence-electron chi connectivity index (χ2n) is 9.08. The van der Waals surface area contributed by atoms with E-state index in [1.54, 1.807) is 12.0 Å². The lowest BCUT2D eigenvalue weighted by Crippen LogP contribution is -2.44. The first-order valence-electron chi connectivity index (χ1n) is 10.8. The van der Waals surface area contributed by atoms with Gasteiger partial charge in [-0.25, -0.2) is 4.79 Å². The van der Waals surface area contributed by atoms with E-state index in [0.717, 1.165) is 42.1 Å². The van der Waals surface area contributed by atoms with E-state index < -0.39 is 5.60 Å². The molecule has 1 amide bonds. The number of carbonyl (C=O) groups excluding carboxylic acids is 1. The first-order chi connectivity index (χ1) is 14.8. The topological polar surface area (TPSA) is 57.2 Å². The zero-order chi connectivity index (χ0) is 22.0.